The number of thiophene rings is 1. The number of esters is 1. The maximum absolute atomic E-state index is 12.9. The third-order valence-corrected chi connectivity index (χ3v) is 6.23. The molecule has 0 bridgehead atoms. The van der Waals surface area contributed by atoms with Crippen molar-refractivity contribution in [2.45, 2.75) is 32.9 Å². The van der Waals surface area contributed by atoms with Gasteiger partial charge in [-0.15, -0.1) is 11.3 Å². The Kier molecular flexibility index (Phi) is 6.50. The Bertz CT molecular complexity index is 1040. The quantitative estimate of drug-likeness (QED) is 0.684. The molecule has 10 heteroatoms. The van der Waals surface area contributed by atoms with Crippen molar-refractivity contribution in [1.29, 1.82) is 0 Å². The van der Waals surface area contributed by atoms with Crippen LogP contribution >= 0.6 is 11.3 Å². The van der Waals surface area contributed by atoms with Crippen LogP contribution in [0, 0.1) is 0 Å². The van der Waals surface area contributed by atoms with Crippen molar-refractivity contribution in [3.8, 4) is 11.5 Å². The molecule has 170 valence electrons. The molecule has 1 aromatic heterocycles. The molecule has 1 aromatic carbocycles. The maximum atomic E-state index is 12.9. The van der Waals surface area contributed by atoms with E-state index < -0.39 is 24.1 Å². The molecule has 1 atom stereocenters. The fourth-order valence-corrected chi connectivity index (χ4v) is 4.88. The summed E-state index contributed by atoms with van der Waals surface area (Å²) < 4.78 is 21.7. The minimum atomic E-state index is -0.866. The molecule has 2 aliphatic rings. The molecule has 9 nitrogen and oxygen atoms in total. The van der Waals surface area contributed by atoms with Crippen LogP contribution in [0.2, 0.25) is 0 Å². The first-order valence-electron chi connectivity index (χ1n) is 10.4. The monoisotopic (exact) mass is 460 g/mol. The number of anilines is 1. The van der Waals surface area contributed by atoms with E-state index in [1.54, 1.807) is 36.9 Å². The summed E-state index contributed by atoms with van der Waals surface area (Å²) in [5, 5.41) is 3.20. The number of amides is 2. The number of carbonyl (C=O) groups excluding carboxylic acids is 3. The second-order valence-corrected chi connectivity index (χ2v) is 8.26. The Morgan fingerprint density at radius 2 is 1.91 bits per heavy atom. The molecule has 0 saturated carbocycles. The number of hydrogen-bond acceptors (Lipinski definition) is 8. The zero-order valence-electron chi connectivity index (χ0n) is 17.8. The minimum absolute atomic E-state index is 0.0549. The first-order valence-corrected chi connectivity index (χ1v) is 11.3. The molecule has 0 saturated heterocycles. The van der Waals surface area contributed by atoms with Gasteiger partial charge in [-0.3, -0.25) is 4.79 Å². The van der Waals surface area contributed by atoms with Crippen LogP contribution in [0.5, 0.6) is 11.5 Å². The van der Waals surface area contributed by atoms with Crippen molar-refractivity contribution in [3.05, 3.63) is 40.3 Å². The highest BCUT2D eigenvalue weighted by atomic mass is 32.1. The van der Waals surface area contributed by atoms with Crippen LogP contribution in [0.4, 0.5) is 9.80 Å². The fraction of sp³-hybridized carbons (Fsp3) is 0.409. The van der Waals surface area contributed by atoms with Gasteiger partial charge in [0, 0.05) is 11.4 Å². The van der Waals surface area contributed by atoms with Gasteiger partial charge < -0.3 is 29.2 Å². The lowest BCUT2D eigenvalue weighted by molar-refractivity contribution is -0.125. The molecule has 0 fully saturated rings. The number of fused-ring (bicyclic) bond motifs is 2. The Balaban J connectivity index is 1.56. The molecule has 1 N–H and O–H groups in total. The second kappa shape index (κ2) is 9.47. The zero-order valence-corrected chi connectivity index (χ0v) is 18.7. The highest BCUT2D eigenvalue weighted by molar-refractivity contribution is 7.17. The van der Waals surface area contributed by atoms with E-state index in [9.17, 15) is 14.4 Å². The molecular formula is C22H24N2O7S. The van der Waals surface area contributed by atoms with Gasteiger partial charge in [0.1, 0.15) is 11.6 Å². The number of nitrogens with zero attached hydrogens (tertiary/aromatic N) is 1. The van der Waals surface area contributed by atoms with E-state index in [1.807, 2.05) is 6.07 Å². The Hall–Kier alpha value is -3.27. The lowest BCUT2D eigenvalue weighted by Crippen LogP contribution is -2.40. The van der Waals surface area contributed by atoms with Gasteiger partial charge >= 0.3 is 12.1 Å². The lowest BCUT2D eigenvalue weighted by atomic mass is 10.0. The summed E-state index contributed by atoms with van der Waals surface area (Å²) in [5.41, 5.74) is 1.12. The van der Waals surface area contributed by atoms with Crippen molar-refractivity contribution < 1.29 is 33.3 Å². The van der Waals surface area contributed by atoms with Gasteiger partial charge in [0.25, 0.3) is 5.91 Å². The number of ether oxygens (including phenoxy) is 4. The molecule has 1 unspecified atom stereocenters. The largest absolute Gasteiger partial charge is 0.485 e. The molecule has 0 aliphatic carbocycles. The van der Waals surface area contributed by atoms with Gasteiger partial charge in [-0.2, -0.15) is 0 Å². The summed E-state index contributed by atoms with van der Waals surface area (Å²) >= 11 is 1.25. The van der Waals surface area contributed by atoms with Crippen molar-refractivity contribution in [1.82, 2.24) is 4.90 Å². The second-order valence-electron chi connectivity index (χ2n) is 7.15. The lowest BCUT2D eigenvalue weighted by Gasteiger charge is -2.26. The summed E-state index contributed by atoms with van der Waals surface area (Å²) in [7, 11) is 0. The summed E-state index contributed by atoms with van der Waals surface area (Å²) in [6, 6.07) is 7.12. The molecule has 2 aliphatic heterocycles. The number of benzene rings is 1. The van der Waals surface area contributed by atoms with Crippen LogP contribution in [0.1, 0.15) is 34.6 Å². The fourth-order valence-electron chi connectivity index (χ4n) is 3.62. The third-order valence-electron chi connectivity index (χ3n) is 5.10. The molecule has 2 amide bonds. The van der Waals surface area contributed by atoms with Crippen LogP contribution < -0.4 is 14.8 Å². The van der Waals surface area contributed by atoms with Crippen LogP contribution in [-0.2, 0) is 27.2 Å². The molecule has 0 spiro atoms. The molecule has 4 rings (SSSR count). The van der Waals surface area contributed by atoms with E-state index >= 15 is 0 Å². The standard InChI is InChI=1S/C22H24N2O7S/c1-3-28-21(26)18-13-9-10-24(22(27)29-4-2)11-17(13)32-20(18)23-19(25)16-12-30-14-7-5-6-8-15(14)31-16/h5-8,16H,3-4,9-12H2,1-2H3,(H,23,25). The predicted octanol–water partition coefficient (Wildman–Crippen LogP) is 3.22. The topological polar surface area (TPSA) is 103 Å². The number of nitrogens with one attached hydrogen (secondary N) is 1. The van der Waals surface area contributed by atoms with Crippen molar-refractivity contribution in [2.75, 3.05) is 31.7 Å². The Labute approximate surface area is 189 Å². The van der Waals surface area contributed by atoms with E-state index in [-0.39, 0.29) is 19.8 Å². The number of hydrogen-bond donors (Lipinski definition) is 1. The van der Waals surface area contributed by atoms with E-state index in [1.165, 1.54) is 11.3 Å². The minimum Gasteiger partial charge on any atom is -0.485 e. The molecule has 32 heavy (non-hydrogen) atoms. The summed E-state index contributed by atoms with van der Waals surface area (Å²) in [6.07, 6.45) is -0.804. The Morgan fingerprint density at radius 3 is 2.66 bits per heavy atom. The maximum Gasteiger partial charge on any atom is 0.410 e. The molecule has 0 radical (unpaired) electrons. The molecule has 3 heterocycles. The van der Waals surface area contributed by atoms with Crippen LogP contribution in [0.3, 0.4) is 0 Å². The highest BCUT2D eigenvalue weighted by Gasteiger charge is 2.34. The van der Waals surface area contributed by atoms with Crippen LogP contribution in [-0.4, -0.2) is 55.3 Å². The number of para-hydroxylation sites is 2. The van der Waals surface area contributed by atoms with E-state index in [0.717, 1.165) is 10.4 Å². The van der Waals surface area contributed by atoms with E-state index in [2.05, 4.69) is 5.32 Å². The summed E-state index contributed by atoms with van der Waals surface area (Å²) in [4.78, 5) is 40.2. The van der Waals surface area contributed by atoms with Crippen molar-refractivity contribution >= 4 is 34.3 Å². The van der Waals surface area contributed by atoms with Crippen molar-refractivity contribution in [2.24, 2.45) is 0 Å². The third kappa shape index (κ3) is 4.36. The zero-order chi connectivity index (χ0) is 22.7. The summed E-state index contributed by atoms with van der Waals surface area (Å²) in [6.45, 7) is 4.74. The van der Waals surface area contributed by atoms with E-state index in [0.29, 0.717) is 41.6 Å². The average molecular weight is 461 g/mol. The smallest absolute Gasteiger partial charge is 0.410 e. The SMILES string of the molecule is CCOC(=O)c1c(NC(=O)C2COc3ccccc3O2)sc2c1CCN(C(=O)OCC)C2. The number of carbonyl (C=O) groups is 3. The van der Waals surface area contributed by atoms with Gasteiger partial charge in [0.05, 0.1) is 25.3 Å². The van der Waals surface area contributed by atoms with Gasteiger partial charge in [-0.05, 0) is 38.0 Å². The predicted molar refractivity (Wildman–Crippen MR) is 116 cm³/mol. The number of rotatable bonds is 5. The Morgan fingerprint density at radius 1 is 1.16 bits per heavy atom. The van der Waals surface area contributed by atoms with E-state index in [4.69, 9.17) is 18.9 Å². The van der Waals surface area contributed by atoms with Crippen LogP contribution in [0.15, 0.2) is 24.3 Å². The van der Waals surface area contributed by atoms with Gasteiger partial charge in [0.2, 0.25) is 6.10 Å². The van der Waals surface area contributed by atoms with Gasteiger partial charge in [-0.1, -0.05) is 12.1 Å². The molecular weight excluding hydrogens is 436 g/mol. The summed E-state index contributed by atoms with van der Waals surface area (Å²) in [5.74, 6) is 0.136. The van der Waals surface area contributed by atoms with Crippen molar-refractivity contribution in [3.63, 3.8) is 0 Å². The van der Waals surface area contributed by atoms with Gasteiger partial charge in [-0.25, -0.2) is 9.59 Å². The molecule has 2 aromatic rings. The highest BCUT2D eigenvalue weighted by Crippen LogP contribution is 2.38. The van der Waals surface area contributed by atoms with Gasteiger partial charge in [0.15, 0.2) is 11.5 Å². The normalized spacial score (nSPS) is 16.7. The first-order chi connectivity index (χ1) is 15.5. The average Bonchev–Trinajstić information content (AvgIpc) is 3.16. The first kappa shape index (κ1) is 21.9. The van der Waals surface area contributed by atoms with Crippen LogP contribution in [0.25, 0.3) is 0 Å².